The average Bonchev–Trinajstić information content (AvgIpc) is 3.30. The van der Waals surface area contributed by atoms with Crippen molar-refractivity contribution in [3.63, 3.8) is 0 Å². The minimum Gasteiger partial charge on any atom is -0.326 e. The Morgan fingerprint density at radius 3 is 2.52 bits per heavy atom. The molecule has 25 heavy (non-hydrogen) atoms. The van der Waals surface area contributed by atoms with E-state index in [1.807, 2.05) is 0 Å². The van der Waals surface area contributed by atoms with E-state index in [-0.39, 0.29) is 17.9 Å². The number of rotatable bonds is 6. The number of hydrogen-bond acceptors (Lipinski definition) is 3. The van der Waals surface area contributed by atoms with Crippen molar-refractivity contribution in [2.75, 3.05) is 16.0 Å². The number of benzene rings is 1. The van der Waals surface area contributed by atoms with Crippen molar-refractivity contribution >= 4 is 29.0 Å². The molecule has 0 atom stereocenters. The number of anilines is 3. The maximum atomic E-state index is 12.1. The first kappa shape index (κ1) is 17.0. The predicted octanol–water partition coefficient (Wildman–Crippen LogP) is 3.53. The Balaban J connectivity index is 1.55. The van der Waals surface area contributed by atoms with Gasteiger partial charge in [0.15, 0.2) is 0 Å². The van der Waals surface area contributed by atoms with Crippen molar-refractivity contribution in [2.45, 2.75) is 33.2 Å². The van der Waals surface area contributed by atoms with Crippen molar-refractivity contribution in [3.05, 3.63) is 36.7 Å². The van der Waals surface area contributed by atoms with Crippen LogP contribution in [0.4, 0.5) is 21.9 Å². The van der Waals surface area contributed by atoms with E-state index >= 15 is 0 Å². The number of urea groups is 1. The minimum atomic E-state index is -0.352. The van der Waals surface area contributed by atoms with Crippen LogP contribution in [0.15, 0.2) is 36.7 Å². The summed E-state index contributed by atoms with van der Waals surface area (Å²) in [6.07, 6.45) is 5.33. The summed E-state index contributed by atoms with van der Waals surface area (Å²) in [5, 5.41) is 12.6. The smallest absolute Gasteiger partial charge is 0.323 e. The van der Waals surface area contributed by atoms with Gasteiger partial charge in [-0.2, -0.15) is 5.10 Å². The molecule has 7 heteroatoms. The fourth-order valence-corrected chi connectivity index (χ4v) is 2.46. The Kier molecular flexibility index (Phi) is 5.02. The van der Waals surface area contributed by atoms with E-state index in [4.69, 9.17) is 0 Å². The van der Waals surface area contributed by atoms with Crippen molar-refractivity contribution in [1.82, 2.24) is 9.78 Å². The monoisotopic (exact) mass is 341 g/mol. The number of nitrogens with zero attached hydrogens (tertiary/aromatic N) is 2. The Bertz CT molecular complexity index is 764. The van der Waals surface area contributed by atoms with Crippen LogP contribution < -0.4 is 16.0 Å². The summed E-state index contributed by atoms with van der Waals surface area (Å²) in [7, 11) is 0. The molecule has 0 spiro atoms. The standard InChI is InChI=1S/C18H23N5O2/c1-12(2)10-23-11-16(9-19-23)22-18(25)21-15-5-3-4-14(8-15)20-17(24)13-6-7-13/h3-5,8-9,11-13H,6-7,10H2,1-2H3,(H,20,24)(H2,21,22,25). The van der Waals surface area contributed by atoms with Gasteiger partial charge in [0.25, 0.3) is 0 Å². The maximum absolute atomic E-state index is 12.1. The van der Waals surface area contributed by atoms with Gasteiger partial charge in [0.05, 0.1) is 11.9 Å². The Hall–Kier alpha value is -2.83. The lowest BCUT2D eigenvalue weighted by molar-refractivity contribution is -0.117. The first-order chi connectivity index (χ1) is 12.0. The number of hydrogen-bond donors (Lipinski definition) is 3. The lowest BCUT2D eigenvalue weighted by Crippen LogP contribution is -2.19. The SMILES string of the molecule is CC(C)Cn1cc(NC(=O)Nc2cccc(NC(=O)C3CC3)c2)cn1. The molecule has 0 saturated heterocycles. The molecule has 3 N–H and O–H groups in total. The number of nitrogens with one attached hydrogen (secondary N) is 3. The zero-order valence-electron chi connectivity index (χ0n) is 14.5. The van der Waals surface area contributed by atoms with Crippen LogP contribution in [0.5, 0.6) is 0 Å². The van der Waals surface area contributed by atoms with Crippen LogP contribution in [-0.2, 0) is 11.3 Å². The molecule has 1 aromatic carbocycles. The van der Waals surface area contributed by atoms with Crippen LogP contribution in [0.3, 0.4) is 0 Å². The predicted molar refractivity (Wildman–Crippen MR) is 97.5 cm³/mol. The first-order valence-corrected chi connectivity index (χ1v) is 8.51. The summed E-state index contributed by atoms with van der Waals surface area (Å²) < 4.78 is 1.80. The second-order valence-electron chi connectivity index (χ2n) is 6.77. The van der Waals surface area contributed by atoms with Gasteiger partial charge in [0.2, 0.25) is 5.91 Å². The second kappa shape index (κ2) is 7.38. The summed E-state index contributed by atoms with van der Waals surface area (Å²) in [5.74, 6) is 0.664. The van der Waals surface area contributed by atoms with Crippen LogP contribution in [0.1, 0.15) is 26.7 Å². The van der Waals surface area contributed by atoms with Gasteiger partial charge in [-0.05, 0) is 37.0 Å². The largest absolute Gasteiger partial charge is 0.326 e. The van der Waals surface area contributed by atoms with Gasteiger partial charge in [0.1, 0.15) is 0 Å². The number of aromatic nitrogens is 2. The summed E-state index contributed by atoms with van der Waals surface area (Å²) in [6.45, 7) is 5.01. The number of amides is 3. The van der Waals surface area contributed by atoms with Crippen LogP contribution in [0.2, 0.25) is 0 Å². The minimum absolute atomic E-state index is 0.0409. The highest BCUT2D eigenvalue weighted by molar-refractivity contribution is 6.00. The lowest BCUT2D eigenvalue weighted by Gasteiger charge is -2.09. The van der Waals surface area contributed by atoms with E-state index in [1.165, 1.54) is 0 Å². The van der Waals surface area contributed by atoms with E-state index < -0.39 is 0 Å². The van der Waals surface area contributed by atoms with E-state index in [0.29, 0.717) is 23.0 Å². The molecule has 1 fully saturated rings. The molecule has 0 radical (unpaired) electrons. The third kappa shape index (κ3) is 5.07. The fraction of sp³-hybridized carbons (Fsp3) is 0.389. The summed E-state index contributed by atoms with van der Waals surface area (Å²) in [6, 6.07) is 6.75. The van der Waals surface area contributed by atoms with E-state index in [1.54, 1.807) is 41.3 Å². The third-order valence-corrected chi connectivity index (χ3v) is 3.78. The molecule has 1 aliphatic rings. The normalized spacial score (nSPS) is 13.6. The lowest BCUT2D eigenvalue weighted by atomic mass is 10.2. The van der Waals surface area contributed by atoms with Crippen molar-refractivity contribution < 1.29 is 9.59 Å². The Morgan fingerprint density at radius 2 is 1.84 bits per heavy atom. The zero-order valence-corrected chi connectivity index (χ0v) is 14.5. The van der Waals surface area contributed by atoms with Gasteiger partial charge in [-0.1, -0.05) is 19.9 Å². The highest BCUT2D eigenvalue weighted by atomic mass is 16.2. The van der Waals surface area contributed by atoms with Crippen LogP contribution >= 0.6 is 0 Å². The van der Waals surface area contributed by atoms with Crippen molar-refractivity contribution in [2.24, 2.45) is 11.8 Å². The first-order valence-electron chi connectivity index (χ1n) is 8.51. The second-order valence-corrected chi connectivity index (χ2v) is 6.77. The van der Waals surface area contributed by atoms with Crippen molar-refractivity contribution in [1.29, 1.82) is 0 Å². The van der Waals surface area contributed by atoms with Gasteiger partial charge in [-0.15, -0.1) is 0 Å². The molecule has 0 unspecified atom stereocenters. The molecule has 0 aliphatic heterocycles. The zero-order chi connectivity index (χ0) is 17.8. The molecule has 1 aromatic heterocycles. The number of carbonyl (C=O) groups excluding carboxylic acids is 2. The molecular formula is C18H23N5O2. The van der Waals surface area contributed by atoms with Gasteiger partial charge in [0, 0.05) is 30.0 Å². The topological polar surface area (TPSA) is 88.0 Å². The quantitative estimate of drug-likeness (QED) is 0.751. The highest BCUT2D eigenvalue weighted by Gasteiger charge is 2.29. The Labute approximate surface area is 146 Å². The van der Waals surface area contributed by atoms with E-state index in [0.717, 1.165) is 19.4 Å². The molecule has 2 aromatic rings. The molecule has 1 saturated carbocycles. The molecule has 3 amide bonds. The molecule has 7 nitrogen and oxygen atoms in total. The van der Waals surface area contributed by atoms with E-state index in [2.05, 4.69) is 34.9 Å². The summed E-state index contributed by atoms with van der Waals surface area (Å²) in [4.78, 5) is 23.9. The summed E-state index contributed by atoms with van der Waals surface area (Å²) >= 11 is 0. The molecule has 3 rings (SSSR count). The molecular weight excluding hydrogens is 318 g/mol. The van der Waals surface area contributed by atoms with Gasteiger partial charge in [-0.25, -0.2) is 4.79 Å². The van der Waals surface area contributed by atoms with Gasteiger partial charge < -0.3 is 16.0 Å². The average molecular weight is 341 g/mol. The molecule has 1 aliphatic carbocycles. The third-order valence-electron chi connectivity index (χ3n) is 3.78. The van der Waals surface area contributed by atoms with Gasteiger partial charge >= 0.3 is 6.03 Å². The van der Waals surface area contributed by atoms with Gasteiger partial charge in [-0.3, -0.25) is 9.48 Å². The summed E-state index contributed by atoms with van der Waals surface area (Å²) in [5.41, 5.74) is 1.93. The highest BCUT2D eigenvalue weighted by Crippen LogP contribution is 2.30. The molecule has 132 valence electrons. The van der Waals surface area contributed by atoms with Crippen LogP contribution in [-0.4, -0.2) is 21.7 Å². The van der Waals surface area contributed by atoms with Crippen LogP contribution in [0, 0.1) is 11.8 Å². The Morgan fingerprint density at radius 1 is 1.16 bits per heavy atom. The van der Waals surface area contributed by atoms with Crippen LogP contribution in [0.25, 0.3) is 0 Å². The molecule has 1 heterocycles. The number of carbonyl (C=O) groups is 2. The fourth-order valence-electron chi connectivity index (χ4n) is 2.46. The van der Waals surface area contributed by atoms with Crippen molar-refractivity contribution in [3.8, 4) is 0 Å². The van der Waals surface area contributed by atoms with E-state index in [9.17, 15) is 9.59 Å². The molecule has 0 bridgehead atoms. The maximum Gasteiger partial charge on any atom is 0.323 e.